The molecule has 0 aliphatic heterocycles. The van der Waals surface area contributed by atoms with E-state index >= 15 is 0 Å². The van der Waals surface area contributed by atoms with Crippen LogP contribution in [0.5, 0.6) is 0 Å². The summed E-state index contributed by atoms with van der Waals surface area (Å²) in [5, 5.41) is 3.35. The summed E-state index contributed by atoms with van der Waals surface area (Å²) in [5.41, 5.74) is 1.21. The van der Waals surface area contributed by atoms with E-state index in [9.17, 15) is 4.79 Å². The minimum Gasteiger partial charge on any atom is -0.345 e. The number of nitrogens with one attached hydrogen (secondary N) is 1. The van der Waals surface area contributed by atoms with Crippen LogP contribution in [0.1, 0.15) is 32.4 Å². The summed E-state index contributed by atoms with van der Waals surface area (Å²) < 4.78 is 0. The highest BCUT2D eigenvalue weighted by Crippen LogP contribution is 2.19. The number of thioether (sulfide) groups is 1. The number of benzene rings is 1. The number of amides is 1. The minimum atomic E-state index is -0.167. The Kier molecular flexibility index (Phi) is 6.38. The molecule has 0 bridgehead atoms. The molecule has 1 aromatic carbocycles. The summed E-state index contributed by atoms with van der Waals surface area (Å²) in [6.45, 7) is 6.72. The van der Waals surface area contributed by atoms with E-state index in [1.807, 2.05) is 20.9 Å². The van der Waals surface area contributed by atoms with Gasteiger partial charge in [-0.2, -0.15) is 0 Å². The van der Waals surface area contributed by atoms with Crippen LogP contribution >= 0.6 is 11.8 Å². The molecule has 1 rings (SSSR count). The van der Waals surface area contributed by atoms with Gasteiger partial charge in [-0.3, -0.25) is 10.1 Å². The van der Waals surface area contributed by atoms with Crippen LogP contribution in [0.2, 0.25) is 0 Å². The number of carbonyl (C=O) groups is 1. The zero-order valence-corrected chi connectivity index (χ0v) is 13.3. The first-order chi connectivity index (χ1) is 8.99. The lowest BCUT2D eigenvalue weighted by Gasteiger charge is -2.24. The van der Waals surface area contributed by atoms with Crippen molar-refractivity contribution >= 4 is 17.7 Å². The van der Waals surface area contributed by atoms with Crippen molar-refractivity contribution in [1.29, 1.82) is 0 Å². The van der Waals surface area contributed by atoms with Crippen molar-refractivity contribution in [2.24, 2.45) is 0 Å². The highest BCUT2D eigenvalue weighted by atomic mass is 32.2. The fourth-order valence-electron chi connectivity index (χ4n) is 1.92. The van der Waals surface area contributed by atoms with E-state index in [1.54, 1.807) is 16.7 Å². The van der Waals surface area contributed by atoms with Crippen molar-refractivity contribution in [3.63, 3.8) is 0 Å². The Morgan fingerprint density at radius 3 is 2.37 bits per heavy atom. The van der Waals surface area contributed by atoms with Crippen molar-refractivity contribution in [2.45, 2.75) is 37.8 Å². The van der Waals surface area contributed by atoms with Gasteiger partial charge in [0.05, 0.1) is 6.04 Å². The monoisotopic (exact) mass is 280 g/mol. The first-order valence-electron chi connectivity index (χ1n) is 6.64. The van der Waals surface area contributed by atoms with Crippen LogP contribution in [0.4, 0.5) is 0 Å². The maximum atomic E-state index is 12.0. The van der Waals surface area contributed by atoms with Gasteiger partial charge in [-0.05, 0) is 44.7 Å². The third kappa shape index (κ3) is 4.55. The second-order valence-electron chi connectivity index (χ2n) is 4.74. The van der Waals surface area contributed by atoms with Gasteiger partial charge in [-0.25, -0.2) is 0 Å². The fourth-order valence-corrected chi connectivity index (χ4v) is 2.33. The van der Waals surface area contributed by atoms with Gasteiger partial charge < -0.3 is 4.90 Å². The lowest BCUT2D eigenvalue weighted by atomic mass is 10.1. The second kappa shape index (κ2) is 7.56. The van der Waals surface area contributed by atoms with Crippen molar-refractivity contribution in [1.82, 2.24) is 10.2 Å². The molecule has 4 heteroatoms. The maximum absolute atomic E-state index is 12.0. The Balaban J connectivity index is 2.62. The van der Waals surface area contributed by atoms with Crippen LogP contribution in [0.15, 0.2) is 29.2 Å². The summed E-state index contributed by atoms with van der Waals surface area (Å²) in [5.74, 6) is 0.134. The van der Waals surface area contributed by atoms with Crippen molar-refractivity contribution in [3.05, 3.63) is 29.8 Å². The highest BCUT2D eigenvalue weighted by molar-refractivity contribution is 7.98. The number of rotatable bonds is 6. The molecule has 19 heavy (non-hydrogen) atoms. The molecular formula is C15H24N2OS. The number of likely N-dealkylation sites (N-methyl/N-ethyl adjacent to an activating group) is 1. The first-order valence-corrected chi connectivity index (χ1v) is 7.87. The van der Waals surface area contributed by atoms with Crippen LogP contribution in [0.25, 0.3) is 0 Å². The zero-order valence-electron chi connectivity index (χ0n) is 12.4. The molecule has 1 aromatic rings. The molecule has 0 heterocycles. The molecule has 1 amide bonds. The van der Waals surface area contributed by atoms with Gasteiger partial charge in [0.1, 0.15) is 0 Å². The van der Waals surface area contributed by atoms with Gasteiger partial charge in [0, 0.05) is 24.5 Å². The Labute approximate surface area is 120 Å². The van der Waals surface area contributed by atoms with Crippen LogP contribution in [0.3, 0.4) is 0 Å². The number of carbonyl (C=O) groups excluding carboxylic acids is 1. The van der Waals surface area contributed by atoms with Crippen molar-refractivity contribution in [2.75, 3.05) is 19.8 Å². The Hall–Kier alpha value is -1.00. The summed E-state index contributed by atoms with van der Waals surface area (Å²) in [7, 11) is 1.83. The minimum absolute atomic E-state index is 0.134. The van der Waals surface area contributed by atoms with Gasteiger partial charge in [-0.1, -0.05) is 12.1 Å². The molecule has 0 spiro atoms. The van der Waals surface area contributed by atoms with Crippen LogP contribution in [-0.4, -0.2) is 36.7 Å². The number of nitrogens with zero attached hydrogens (tertiary/aromatic N) is 1. The van der Waals surface area contributed by atoms with E-state index in [-0.39, 0.29) is 18.0 Å². The topological polar surface area (TPSA) is 32.3 Å². The van der Waals surface area contributed by atoms with Gasteiger partial charge in [-0.15, -0.1) is 11.8 Å². The Morgan fingerprint density at radius 2 is 1.89 bits per heavy atom. The molecule has 106 valence electrons. The number of hydrogen-bond acceptors (Lipinski definition) is 3. The predicted octanol–water partition coefficient (Wildman–Crippen LogP) is 2.93. The van der Waals surface area contributed by atoms with Gasteiger partial charge in [0.25, 0.3) is 0 Å². The average Bonchev–Trinajstić information content (AvgIpc) is 2.45. The van der Waals surface area contributed by atoms with E-state index in [1.165, 1.54) is 10.5 Å². The Morgan fingerprint density at radius 1 is 1.32 bits per heavy atom. The molecule has 0 aliphatic carbocycles. The summed E-state index contributed by atoms with van der Waals surface area (Å²) in [6, 6.07) is 8.46. The van der Waals surface area contributed by atoms with Gasteiger partial charge >= 0.3 is 0 Å². The molecule has 0 radical (unpaired) electrons. The smallest absolute Gasteiger partial charge is 0.239 e. The van der Waals surface area contributed by atoms with E-state index in [0.717, 1.165) is 6.54 Å². The van der Waals surface area contributed by atoms with E-state index in [2.05, 4.69) is 42.8 Å². The lowest BCUT2D eigenvalue weighted by Crippen LogP contribution is -2.43. The third-order valence-electron chi connectivity index (χ3n) is 3.34. The van der Waals surface area contributed by atoms with Crippen LogP contribution < -0.4 is 5.32 Å². The molecule has 2 atom stereocenters. The SMILES string of the molecule is CCN(C)C(=O)C(C)NC(C)c1ccc(SC)cc1. The molecule has 0 saturated heterocycles. The maximum Gasteiger partial charge on any atom is 0.239 e. The summed E-state index contributed by atoms with van der Waals surface area (Å²) in [6.07, 6.45) is 2.07. The predicted molar refractivity (Wildman–Crippen MR) is 82.5 cm³/mol. The standard InChI is InChI=1S/C15H24N2OS/c1-6-17(4)15(18)12(3)16-11(2)13-7-9-14(19-5)10-8-13/h7-12,16H,6H2,1-5H3. The van der Waals surface area contributed by atoms with E-state index in [0.29, 0.717) is 0 Å². The highest BCUT2D eigenvalue weighted by Gasteiger charge is 2.18. The normalized spacial score (nSPS) is 13.9. The van der Waals surface area contributed by atoms with Crippen molar-refractivity contribution < 1.29 is 4.79 Å². The van der Waals surface area contributed by atoms with E-state index in [4.69, 9.17) is 0 Å². The third-order valence-corrected chi connectivity index (χ3v) is 4.08. The van der Waals surface area contributed by atoms with E-state index < -0.39 is 0 Å². The van der Waals surface area contributed by atoms with Crippen molar-refractivity contribution in [3.8, 4) is 0 Å². The molecule has 0 fully saturated rings. The molecule has 0 saturated carbocycles. The molecule has 1 N–H and O–H groups in total. The zero-order chi connectivity index (χ0) is 14.4. The van der Waals surface area contributed by atoms with Gasteiger partial charge in [0.2, 0.25) is 5.91 Å². The molecule has 2 unspecified atom stereocenters. The Bertz CT molecular complexity index is 405. The molecular weight excluding hydrogens is 256 g/mol. The number of hydrogen-bond donors (Lipinski definition) is 1. The largest absolute Gasteiger partial charge is 0.345 e. The summed E-state index contributed by atoms with van der Waals surface area (Å²) >= 11 is 1.73. The van der Waals surface area contributed by atoms with Crippen LogP contribution in [0, 0.1) is 0 Å². The first kappa shape index (κ1) is 16.1. The quantitative estimate of drug-likeness (QED) is 0.813. The van der Waals surface area contributed by atoms with Gasteiger partial charge in [0.15, 0.2) is 0 Å². The average molecular weight is 280 g/mol. The molecule has 0 aliphatic rings. The molecule has 3 nitrogen and oxygen atoms in total. The molecule has 0 aromatic heterocycles. The second-order valence-corrected chi connectivity index (χ2v) is 5.62. The summed E-state index contributed by atoms with van der Waals surface area (Å²) in [4.78, 5) is 15.0. The fraction of sp³-hybridized carbons (Fsp3) is 0.533. The van der Waals surface area contributed by atoms with Crippen LogP contribution in [-0.2, 0) is 4.79 Å². The lowest BCUT2D eigenvalue weighted by molar-refractivity contribution is -0.131.